The third-order valence-corrected chi connectivity index (χ3v) is 8.46. The van der Waals surface area contributed by atoms with Gasteiger partial charge in [-0.1, -0.05) is 35.6 Å². The molecule has 1 saturated heterocycles. The Morgan fingerprint density at radius 3 is 2.67 bits per heavy atom. The van der Waals surface area contributed by atoms with Crippen molar-refractivity contribution in [3.05, 3.63) is 53.4 Å². The number of halogens is 1. The number of benzene rings is 1. The topological polar surface area (TPSA) is 107 Å². The summed E-state index contributed by atoms with van der Waals surface area (Å²) in [5.74, 6) is 0.105. The van der Waals surface area contributed by atoms with E-state index in [1.807, 2.05) is 38.2 Å². The molecule has 5 atom stereocenters. The summed E-state index contributed by atoms with van der Waals surface area (Å²) in [5, 5.41) is 18.3. The lowest BCUT2D eigenvalue weighted by atomic mass is 9.99. The molecule has 0 aliphatic carbocycles. The molecule has 0 amide bonds. The maximum Gasteiger partial charge on any atom is 0.158 e. The molecule has 1 aromatic heterocycles. The van der Waals surface area contributed by atoms with Crippen molar-refractivity contribution in [3.63, 3.8) is 0 Å². The van der Waals surface area contributed by atoms with Gasteiger partial charge < -0.3 is 19.5 Å². The van der Waals surface area contributed by atoms with E-state index in [0.717, 1.165) is 35.4 Å². The number of hydrogen-bond acceptors (Lipinski definition) is 8. The van der Waals surface area contributed by atoms with Crippen molar-refractivity contribution in [1.82, 2.24) is 19.9 Å². The van der Waals surface area contributed by atoms with Crippen LogP contribution in [0.3, 0.4) is 0 Å². The van der Waals surface area contributed by atoms with Crippen LogP contribution in [-0.4, -0.2) is 90.7 Å². The number of likely N-dealkylation sites (N-methyl/N-ethyl adjacent to an activating group) is 1. The number of aliphatic hydroxyl groups is 1. The lowest BCUT2D eigenvalue weighted by Gasteiger charge is -2.36. The van der Waals surface area contributed by atoms with Crippen LogP contribution in [0.15, 0.2) is 36.5 Å². The zero-order valence-corrected chi connectivity index (χ0v) is 21.8. The molecule has 9 nitrogen and oxygen atoms in total. The van der Waals surface area contributed by atoms with E-state index in [9.17, 15) is 17.9 Å². The van der Waals surface area contributed by atoms with Gasteiger partial charge in [0.05, 0.1) is 23.3 Å². The molecule has 1 fully saturated rings. The molecule has 3 heterocycles. The van der Waals surface area contributed by atoms with E-state index in [0.29, 0.717) is 12.8 Å². The number of aliphatic hydroxyl groups excluding tert-OH is 1. The van der Waals surface area contributed by atoms with Gasteiger partial charge in [-0.05, 0) is 37.1 Å². The summed E-state index contributed by atoms with van der Waals surface area (Å²) in [6, 6.07) is 6.90. The van der Waals surface area contributed by atoms with Crippen LogP contribution in [0.5, 0.6) is 0 Å². The molecule has 0 unspecified atom stereocenters. The predicted molar refractivity (Wildman–Crippen MR) is 134 cm³/mol. The smallest absolute Gasteiger partial charge is 0.158 e. The van der Waals surface area contributed by atoms with Crippen LogP contribution in [0, 0.1) is 0 Å². The molecule has 1 aromatic carbocycles. The Labute approximate surface area is 211 Å². The summed E-state index contributed by atoms with van der Waals surface area (Å²) < 4.78 is 50.4. The van der Waals surface area contributed by atoms with E-state index in [2.05, 4.69) is 15.2 Å². The Hall–Kier alpha value is -2.18. The van der Waals surface area contributed by atoms with Crippen molar-refractivity contribution in [2.24, 2.45) is 0 Å². The van der Waals surface area contributed by atoms with Crippen LogP contribution in [0.25, 0.3) is 5.57 Å². The molecule has 2 aromatic rings. The quantitative estimate of drug-likeness (QED) is 0.507. The third-order valence-electron chi connectivity index (χ3n) is 7.04. The third kappa shape index (κ3) is 6.38. The van der Waals surface area contributed by atoms with Crippen LogP contribution in [0.2, 0.25) is 0 Å². The predicted octanol–water partition coefficient (Wildman–Crippen LogP) is 2.35. The maximum atomic E-state index is 14.2. The molecule has 11 heteroatoms. The summed E-state index contributed by atoms with van der Waals surface area (Å²) >= 11 is 0. The van der Waals surface area contributed by atoms with Gasteiger partial charge in [-0.15, -0.1) is 5.10 Å². The number of nitrogens with zero attached hydrogens (tertiary/aromatic N) is 4. The van der Waals surface area contributed by atoms with E-state index in [1.165, 1.54) is 11.8 Å². The standard InChI is InChI=1S/C25H35FN4O5S/c1-17-12-22(13-24(31)35-17)29(2)10-8-21-15-30(28-27-21)23(14-26)25(34-3)19-6-4-18(5-7-19)20-9-11-36(32,33)16-20/h4-7,9,15,17,22-25,31H,8,10-14,16H2,1-3H3/t17-,22+,23-,24-,25-/m1/s1. The molecule has 0 saturated carbocycles. The molecule has 0 bridgehead atoms. The number of hydrogen-bond donors (Lipinski definition) is 1. The van der Waals surface area contributed by atoms with Gasteiger partial charge >= 0.3 is 0 Å². The average Bonchev–Trinajstić information content (AvgIpc) is 3.46. The van der Waals surface area contributed by atoms with E-state index < -0.39 is 34.9 Å². The van der Waals surface area contributed by atoms with Gasteiger partial charge in [0.25, 0.3) is 0 Å². The molecule has 2 aliphatic rings. The SMILES string of the molecule is CO[C@H](c1ccc(C2=CCS(=O)(=O)C2)cc1)[C@@H](CF)n1cc(CCN(C)[C@H]2C[C@@H](C)O[C@@H](O)C2)nn1. The van der Waals surface area contributed by atoms with E-state index in [-0.39, 0.29) is 23.7 Å². The fraction of sp³-hybridized carbons (Fsp3) is 0.600. The van der Waals surface area contributed by atoms with Crippen molar-refractivity contribution in [3.8, 4) is 0 Å². The van der Waals surface area contributed by atoms with Gasteiger partial charge in [-0.3, -0.25) is 0 Å². The van der Waals surface area contributed by atoms with Gasteiger partial charge in [0, 0.05) is 38.7 Å². The first kappa shape index (κ1) is 26.9. The average molecular weight is 523 g/mol. The van der Waals surface area contributed by atoms with E-state index >= 15 is 0 Å². The fourth-order valence-electron chi connectivity index (χ4n) is 4.99. The highest BCUT2D eigenvalue weighted by Crippen LogP contribution is 2.32. The highest BCUT2D eigenvalue weighted by Gasteiger charge is 2.29. The molecule has 0 spiro atoms. The van der Waals surface area contributed by atoms with Crippen molar-refractivity contribution in [2.75, 3.05) is 38.9 Å². The molecule has 0 radical (unpaired) electrons. The largest absolute Gasteiger partial charge is 0.374 e. The van der Waals surface area contributed by atoms with E-state index in [1.54, 1.807) is 12.3 Å². The zero-order chi connectivity index (χ0) is 25.9. The lowest BCUT2D eigenvalue weighted by Crippen LogP contribution is -2.43. The van der Waals surface area contributed by atoms with Gasteiger partial charge in [0.2, 0.25) is 0 Å². The Bertz CT molecular complexity index is 1140. The Morgan fingerprint density at radius 1 is 1.31 bits per heavy atom. The van der Waals surface area contributed by atoms with Crippen molar-refractivity contribution < 1.29 is 27.4 Å². The first-order valence-corrected chi connectivity index (χ1v) is 14.0. The number of aromatic nitrogens is 3. The molecule has 2 aliphatic heterocycles. The molecule has 198 valence electrons. The van der Waals surface area contributed by atoms with Gasteiger partial charge in [0.15, 0.2) is 16.1 Å². The Morgan fingerprint density at radius 2 is 2.06 bits per heavy atom. The summed E-state index contributed by atoms with van der Waals surface area (Å²) in [5.41, 5.74) is 3.15. The van der Waals surface area contributed by atoms with Crippen molar-refractivity contribution >= 4 is 15.4 Å². The minimum Gasteiger partial charge on any atom is -0.374 e. The number of methoxy groups -OCH3 is 1. The minimum atomic E-state index is -3.05. The van der Waals surface area contributed by atoms with Gasteiger partial charge in [0.1, 0.15) is 18.8 Å². The summed E-state index contributed by atoms with van der Waals surface area (Å²) in [7, 11) is 0.498. The van der Waals surface area contributed by atoms with Gasteiger partial charge in [-0.2, -0.15) is 0 Å². The van der Waals surface area contributed by atoms with Crippen LogP contribution in [0.1, 0.15) is 48.7 Å². The summed E-state index contributed by atoms with van der Waals surface area (Å²) in [6.07, 6.45) is 4.24. The number of sulfone groups is 1. The van der Waals surface area contributed by atoms with Crippen LogP contribution in [0.4, 0.5) is 4.39 Å². The second-order valence-corrected chi connectivity index (χ2v) is 11.8. The molecule has 1 N–H and O–H groups in total. The van der Waals surface area contributed by atoms with Crippen LogP contribution in [-0.2, 0) is 25.7 Å². The van der Waals surface area contributed by atoms with Crippen molar-refractivity contribution in [2.45, 2.75) is 56.8 Å². The maximum absolute atomic E-state index is 14.2. The first-order valence-electron chi connectivity index (χ1n) is 12.2. The van der Waals surface area contributed by atoms with Crippen LogP contribution >= 0.6 is 0 Å². The second-order valence-electron chi connectivity index (χ2n) is 9.73. The second kappa shape index (κ2) is 11.5. The fourth-order valence-corrected chi connectivity index (χ4v) is 6.32. The summed E-state index contributed by atoms with van der Waals surface area (Å²) in [4.78, 5) is 2.19. The van der Waals surface area contributed by atoms with Crippen molar-refractivity contribution in [1.29, 1.82) is 0 Å². The number of alkyl halides is 1. The molecule has 36 heavy (non-hydrogen) atoms. The molecule has 4 rings (SSSR count). The monoisotopic (exact) mass is 522 g/mol. The highest BCUT2D eigenvalue weighted by atomic mass is 32.2. The molecular weight excluding hydrogens is 487 g/mol. The molecular formula is C25H35FN4O5S. The number of rotatable bonds is 10. The highest BCUT2D eigenvalue weighted by molar-refractivity contribution is 7.92. The lowest BCUT2D eigenvalue weighted by molar-refractivity contribution is -0.173. The van der Waals surface area contributed by atoms with Gasteiger partial charge in [-0.25, -0.2) is 17.5 Å². The number of ether oxygens (including phenoxy) is 2. The van der Waals surface area contributed by atoms with Crippen LogP contribution < -0.4 is 0 Å². The van der Waals surface area contributed by atoms with E-state index in [4.69, 9.17) is 9.47 Å². The Kier molecular flexibility index (Phi) is 8.56. The first-order chi connectivity index (χ1) is 17.2. The normalized spacial score (nSPS) is 25.6. The zero-order valence-electron chi connectivity index (χ0n) is 21.0. The minimum absolute atomic E-state index is 0.00959. The summed E-state index contributed by atoms with van der Waals surface area (Å²) in [6.45, 7) is 2.00. The Balaban J connectivity index is 1.40.